The average molecular weight is 426 g/mol. The van der Waals surface area contributed by atoms with Gasteiger partial charge < -0.3 is 15.0 Å². The standard InChI is InChI=1S/C19H21F3N4O2S/c1-12-8-26(9-13(2)28-12)16-7-18(24-11-23-16)29-10-17(27)25-15-5-3-14(4-6-15)19(20,21)22/h3-7,11-13H,8-10H2,1-2H3,(H,25,27). The first-order chi connectivity index (χ1) is 13.7. The van der Waals surface area contributed by atoms with Crippen LogP contribution in [0.1, 0.15) is 19.4 Å². The van der Waals surface area contributed by atoms with Crippen molar-refractivity contribution in [1.29, 1.82) is 0 Å². The minimum Gasteiger partial charge on any atom is -0.372 e. The van der Waals surface area contributed by atoms with Gasteiger partial charge in [-0.15, -0.1) is 0 Å². The molecule has 0 radical (unpaired) electrons. The van der Waals surface area contributed by atoms with Crippen molar-refractivity contribution in [2.75, 3.05) is 29.1 Å². The molecule has 1 aliphatic heterocycles. The lowest BCUT2D eigenvalue weighted by Gasteiger charge is -2.36. The summed E-state index contributed by atoms with van der Waals surface area (Å²) in [6, 6.07) is 6.15. The summed E-state index contributed by atoms with van der Waals surface area (Å²) in [6.45, 7) is 5.45. The van der Waals surface area contributed by atoms with Gasteiger partial charge in [-0.3, -0.25) is 4.79 Å². The molecule has 2 atom stereocenters. The van der Waals surface area contributed by atoms with Crippen molar-refractivity contribution in [1.82, 2.24) is 9.97 Å². The van der Waals surface area contributed by atoms with Crippen LogP contribution in [0.2, 0.25) is 0 Å². The fraction of sp³-hybridized carbons (Fsp3) is 0.421. The predicted molar refractivity (Wildman–Crippen MR) is 105 cm³/mol. The van der Waals surface area contributed by atoms with E-state index in [1.807, 2.05) is 19.9 Å². The molecule has 1 saturated heterocycles. The molecule has 0 aliphatic carbocycles. The van der Waals surface area contributed by atoms with Gasteiger partial charge in [-0.25, -0.2) is 9.97 Å². The van der Waals surface area contributed by atoms with E-state index in [9.17, 15) is 18.0 Å². The number of benzene rings is 1. The van der Waals surface area contributed by atoms with Crippen molar-refractivity contribution in [2.24, 2.45) is 0 Å². The number of alkyl halides is 3. The van der Waals surface area contributed by atoms with Crippen molar-refractivity contribution >= 4 is 29.2 Å². The Balaban J connectivity index is 1.55. The monoisotopic (exact) mass is 426 g/mol. The third kappa shape index (κ3) is 6.07. The number of hydrogen-bond donors (Lipinski definition) is 1. The number of carbonyl (C=O) groups is 1. The van der Waals surface area contributed by atoms with E-state index in [2.05, 4.69) is 20.2 Å². The lowest BCUT2D eigenvalue weighted by Crippen LogP contribution is -2.45. The molecule has 156 valence electrons. The highest BCUT2D eigenvalue weighted by Gasteiger charge is 2.30. The molecule has 6 nitrogen and oxygen atoms in total. The summed E-state index contributed by atoms with van der Waals surface area (Å²) in [5, 5.41) is 3.23. The van der Waals surface area contributed by atoms with E-state index < -0.39 is 11.7 Å². The van der Waals surface area contributed by atoms with Crippen LogP contribution in [-0.2, 0) is 15.7 Å². The Morgan fingerprint density at radius 3 is 2.48 bits per heavy atom. The van der Waals surface area contributed by atoms with Gasteiger partial charge in [-0.1, -0.05) is 11.8 Å². The second-order valence-electron chi connectivity index (χ2n) is 6.79. The zero-order valence-electron chi connectivity index (χ0n) is 15.9. The van der Waals surface area contributed by atoms with Gasteiger partial charge in [-0.2, -0.15) is 13.2 Å². The number of carbonyl (C=O) groups excluding carboxylic acids is 1. The van der Waals surface area contributed by atoms with E-state index in [-0.39, 0.29) is 23.9 Å². The number of ether oxygens (including phenoxy) is 1. The number of nitrogens with zero attached hydrogens (tertiary/aromatic N) is 3. The molecule has 0 saturated carbocycles. The second-order valence-corrected chi connectivity index (χ2v) is 7.78. The summed E-state index contributed by atoms with van der Waals surface area (Å²) in [6.07, 6.45) is -2.76. The van der Waals surface area contributed by atoms with E-state index >= 15 is 0 Å². The first-order valence-electron chi connectivity index (χ1n) is 9.03. The number of halogens is 3. The molecule has 2 heterocycles. The maximum atomic E-state index is 12.6. The fourth-order valence-corrected chi connectivity index (χ4v) is 3.69. The zero-order chi connectivity index (χ0) is 21.0. The first kappa shape index (κ1) is 21.4. The molecule has 3 rings (SSSR count). The van der Waals surface area contributed by atoms with Crippen molar-refractivity contribution in [3.05, 3.63) is 42.2 Å². The molecular formula is C19H21F3N4O2S. The average Bonchev–Trinajstić information content (AvgIpc) is 2.65. The number of hydrogen-bond acceptors (Lipinski definition) is 6. The number of nitrogens with one attached hydrogen (secondary N) is 1. The van der Waals surface area contributed by atoms with Gasteiger partial charge in [0.25, 0.3) is 0 Å². The molecule has 1 aromatic carbocycles. The van der Waals surface area contributed by atoms with Crippen LogP contribution in [0.25, 0.3) is 0 Å². The van der Waals surface area contributed by atoms with Gasteiger partial charge in [0, 0.05) is 24.8 Å². The number of aromatic nitrogens is 2. The van der Waals surface area contributed by atoms with Crippen LogP contribution in [-0.4, -0.2) is 46.9 Å². The normalized spacial score (nSPS) is 19.8. The Bertz CT molecular complexity index is 838. The van der Waals surface area contributed by atoms with E-state index in [4.69, 9.17) is 4.74 Å². The highest BCUT2D eigenvalue weighted by molar-refractivity contribution is 7.99. The molecule has 2 aromatic rings. The van der Waals surface area contributed by atoms with E-state index in [0.29, 0.717) is 10.7 Å². The Labute approximate surface area is 170 Å². The van der Waals surface area contributed by atoms with Crippen molar-refractivity contribution in [3.63, 3.8) is 0 Å². The summed E-state index contributed by atoms with van der Waals surface area (Å²) >= 11 is 1.23. The molecule has 1 N–H and O–H groups in total. The van der Waals surface area contributed by atoms with Crippen LogP contribution in [0.15, 0.2) is 41.7 Å². The maximum absolute atomic E-state index is 12.6. The van der Waals surface area contributed by atoms with E-state index in [1.165, 1.54) is 30.2 Å². The van der Waals surface area contributed by atoms with Crippen LogP contribution >= 0.6 is 11.8 Å². The van der Waals surface area contributed by atoms with E-state index in [0.717, 1.165) is 31.0 Å². The van der Waals surface area contributed by atoms with Crippen LogP contribution in [0.4, 0.5) is 24.7 Å². The smallest absolute Gasteiger partial charge is 0.372 e. The predicted octanol–water partition coefficient (Wildman–Crippen LogP) is 3.84. The molecule has 1 amide bonds. The summed E-state index contributed by atoms with van der Waals surface area (Å²) in [7, 11) is 0. The number of thioether (sulfide) groups is 1. The maximum Gasteiger partial charge on any atom is 0.416 e. The largest absolute Gasteiger partial charge is 0.416 e. The molecule has 2 unspecified atom stereocenters. The SMILES string of the molecule is CC1CN(c2cc(SCC(=O)Nc3ccc(C(F)(F)F)cc3)ncn2)CC(C)O1. The molecule has 1 aromatic heterocycles. The minimum absolute atomic E-state index is 0.0768. The van der Waals surface area contributed by atoms with Gasteiger partial charge in [0.1, 0.15) is 17.2 Å². The first-order valence-corrected chi connectivity index (χ1v) is 10.0. The number of anilines is 2. The van der Waals surface area contributed by atoms with Crippen LogP contribution in [0.5, 0.6) is 0 Å². The molecule has 1 aliphatic rings. The molecule has 0 bridgehead atoms. The van der Waals surface area contributed by atoms with Crippen LogP contribution in [0, 0.1) is 0 Å². The molecule has 0 spiro atoms. The van der Waals surface area contributed by atoms with Crippen LogP contribution < -0.4 is 10.2 Å². The Hall–Kier alpha value is -2.33. The number of rotatable bonds is 5. The number of morpholine rings is 1. The Morgan fingerprint density at radius 1 is 1.21 bits per heavy atom. The third-order valence-corrected chi connectivity index (χ3v) is 5.14. The summed E-state index contributed by atoms with van der Waals surface area (Å²) in [5.74, 6) is 0.518. The Kier molecular flexibility index (Phi) is 6.63. The number of amides is 1. The molecule has 29 heavy (non-hydrogen) atoms. The summed E-state index contributed by atoms with van der Waals surface area (Å²) in [5.41, 5.74) is -0.451. The summed E-state index contributed by atoms with van der Waals surface area (Å²) in [4.78, 5) is 22.7. The minimum atomic E-state index is -4.40. The van der Waals surface area contributed by atoms with Crippen LogP contribution in [0.3, 0.4) is 0 Å². The van der Waals surface area contributed by atoms with Crippen molar-refractivity contribution in [2.45, 2.75) is 37.3 Å². The quantitative estimate of drug-likeness (QED) is 0.579. The lowest BCUT2D eigenvalue weighted by atomic mass is 10.2. The van der Waals surface area contributed by atoms with E-state index in [1.54, 1.807) is 0 Å². The molecule has 10 heteroatoms. The topological polar surface area (TPSA) is 67.4 Å². The Morgan fingerprint density at radius 2 is 1.86 bits per heavy atom. The molecular weight excluding hydrogens is 405 g/mol. The fourth-order valence-electron chi connectivity index (χ4n) is 3.03. The third-order valence-electron chi connectivity index (χ3n) is 4.22. The van der Waals surface area contributed by atoms with Crippen molar-refractivity contribution in [3.8, 4) is 0 Å². The second kappa shape index (κ2) is 9.00. The van der Waals surface area contributed by atoms with Gasteiger partial charge in [0.15, 0.2) is 0 Å². The van der Waals surface area contributed by atoms with Gasteiger partial charge >= 0.3 is 6.18 Å². The highest BCUT2D eigenvalue weighted by Crippen LogP contribution is 2.30. The molecule has 1 fully saturated rings. The van der Waals surface area contributed by atoms with Gasteiger partial charge in [0.2, 0.25) is 5.91 Å². The van der Waals surface area contributed by atoms with Gasteiger partial charge in [-0.05, 0) is 38.1 Å². The highest BCUT2D eigenvalue weighted by atomic mass is 32.2. The van der Waals surface area contributed by atoms with Crippen molar-refractivity contribution < 1.29 is 22.7 Å². The van der Waals surface area contributed by atoms with Gasteiger partial charge in [0.05, 0.1) is 23.5 Å². The lowest BCUT2D eigenvalue weighted by molar-refractivity contribution is -0.137. The zero-order valence-corrected chi connectivity index (χ0v) is 16.8. The summed E-state index contributed by atoms with van der Waals surface area (Å²) < 4.78 is 43.5.